The highest BCUT2D eigenvalue weighted by molar-refractivity contribution is 6.51. The van der Waals surface area contributed by atoms with E-state index in [2.05, 4.69) is 13.8 Å². The predicted octanol–water partition coefficient (Wildman–Crippen LogP) is 6.46. The molecule has 1 amide bonds. The minimum atomic E-state index is -0.851. The average molecular weight is 500 g/mol. The SMILES string of the molecule is CCOc1cccc(C2/C(=C(\O)c3cc(C)cc(C)c3OC)C(=O)C(=O)N2c2ccc(C(C)C)cc2)c1. The fourth-order valence-corrected chi connectivity index (χ4v) is 4.92. The Morgan fingerprint density at radius 2 is 1.73 bits per heavy atom. The van der Waals surface area contributed by atoms with Crippen molar-refractivity contribution in [2.75, 3.05) is 18.6 Å². The van der Waals surface area contributed by atoms with Crippen LogP contribution in [-0.4, -0.2) is 30.5 Å². The molecule has 1 aliphatic rings. The highest BCUT2D eigenvalue weighted by Gasteiger charge is 2.47. The highest BCUT2D eigenvalue weighted by Crippen LogP contribution is 2.44. The zero-order chi connectivity index (χ0) is 26.9. The van der Waals surface area contributed by atoms with E-state index in [1.54, 1.807) is 6.07 Å². The number of amides is 1. The normalized spacial score (nSPS) is 16.9. The van der Waals surface area contributed by atoms with Crippen LogP contribution in [0.3, 0.4) is 0 Å². The fourth-order valence-electron chi connectivity index (χ4n) is 4.92. The van der Waals surface area contributed by atoms with Crippen LogP contribution in [0, 0.1) is 13.8 Å². The van der Waals surface area contributed by atoms with Gasteiger partial charge in [0.05, 0.1) is 30.9 Å². The van der Waals surface area contributed by atoms with Gasteiger partial charge in [0.2, 0.25) is 0 Å². The van der Waals surface area contributed by atoms with E-state index in [-0.39, 0.29) is 11.3 Å². The van der Waals surface area contributed by atoms with Crippen LogP contribution in [0.25, 0.3) is 5.76 Å². The number of carbonyl (C=O) groups is 2. The lowest BCUT2D eigenvalue weighted by molar-refractivity contribution is -0.132. The molecule has 4 rings (SSSR count). The van der Waals surface area contributed by atoms with Crippen LogP contribution < -0.4 is 14.4 Å². The second-order valence-corrected chi connectivity index (χ2v) is 9.58. The summed E-state index contributed by atoms with van der Waals surface area (Å²) in [5.41, 5.74) is 4.45. The summed E-state index contributed by atoms with van der Waals surface area (Å²) in [4.78, 5) is 28.5. The number of nitrogens with zero attached hydrogens (tertiary/aromatic N) is 1. The minimum Gasteiger partial charge on any atom is -0.507 e. The van der Waals surface area contributed by atoms with Gasteiger partial charge in [-0.3, -0.25) is 14.5 Å². The van der Waals surface area contributed by atoms with Crippen molar-refractivity contribution in [3.63, 3.8) is 0 Å². The van der Waals surface area contributed by atoms with E-state index in [9.17, 15) is 14.7 Å². The van der Waals surface area contributed by atoms with Gasteiger partial charge < -0.3 is 14.6 Å². The highest BCUT2D eigenvalue weighted by atomic mass is 16.5. The Hall–Kier alpha value is -4.06. The Morgan fingerprint density at radius 3 is 2.35 bits per heavy atom. The van der Waals surface area contributed by atoms with Crippen molar-refractivity contribution in [1.82, 2.24) is 0 Å². The first-order valence-corrected chi connectivity index (χ1v) is 12.5. The molecule has 192 valence electrons. The first kappa shape index (κ1) is 26.0. The second-order valence-electron chi connectivity index (χ2n) is 9.58. The summed E-state index contributed by atoms with van der Waals surface area (Å²) in [6.07, 6.45) is 0. The summed E-state index contributed by atoms with van der Waals surface area (Å²) in [7, 11) is 1.52. The van der Waals surface area contributed by atoms with Gasteiger partial charge in [-0.05, 0) is 79.3 Å². The van der Waals surface area contributed by atoms with Crippen molar-refractivity contribution >= 4 is 23.1 Å². The van der Waals surface area contributed by atoms with E-state index >= 15 is 0 Å². The molecule has 1 atom stereocenters. The number of aliphatic hydroxyl groups excluding tert-OH is 1. The summed E-state index contributed by atoms with van der Waals surface area (Å²) in [6, 6.07) is 17.7. The lowest BCUT2D eigenvalue weighted by Gasteiger charge is -2.26. The number of methoxy groups -OCH3 is 1. The van der Waals surface area contributed by atoms with Crippen molar-refractivity contribution in [2.45, 2.75) is 46.6 Å². The summed E-state index contributed by atoms with van der Waals surface area (Å²) in [6.45, 7) is 10.3. The Labute approximate surface area is 218 Å². The van der Waals surface area contributed by atoms with Gasteiger partial charge in [0.25, 0.3) is 11.7 Å². The third-order valence-electron chi connectivity index (χ3n) is 6.65. The molecule has 1 unspecified atom stereocenters. The molecular formula is C31H33NO5. The molecule has 0 saturated carbocycles. The topological polar surface area (TPSA) is 76.1 Å². The molecule has 6 nitrogen and oxygen atoms in total. The number of aryl methyl sites for hydroxylation is 2. The summed E-state index contributed by atoms with van der Waals surface area (Å²) in [5, 5.41) is 11.6. The molecule has 0 bridgehead atoms. The van der Waals surface area contributed by atoms with Gasteiger partial charge in [0.1, 0.15) is 17.3 Å². The van der Waals surface area contributed by atoms with Crippen LogP contribution in [-0.2, 0) is 9.59 Å². The Morgan fingerprint density at radius 1 is 1.03 bits per heavy atom. The van der Waals surface area contributed by atoms with Crippen molar-refractivity contribution in [1.29, 1.82) is 0 Å². The van der Waals surface area contributed by atoms with Gasteiger partial charge >= 0.3 is 0 Å². The van der Waals surface area contributed by atoms with Crippen molar-refractivity contribution in [3.05, 3.63) is 94.1 Å². The van der Waals surface area contributed by atoms with E-state index in [0.717, 1.165) is 16.7 Å². The van der Waals surface area contributed by atoms with Crippen LogP contribution in [0.1, 0.15) is 60.5 Å². The maximum Gasteiger partial charge on any atom is 0.300 e. The van der Waals surface area contributed by atoms with Crippen LogP contribution in [0.4, 0.5) is 5.69 Å². The number of hydrogen-bond donors (Lipinski definition) is 1. The van der Waals surface area contributed by atoms with Crippen molar-refractivity contribution in [2.24, 2.45) is 0 Å². The summed E-state index contributed by atoms with van der Waals surface area (Å²) < 4.78 is 11.3. The third kappa shape index (κ3) is 4.84. The molecule has 3 aromatic carbocycles. The molecule has 0 radical (unpaired) electrons. The molecule has 1 aliphatic heterocycles. The van der Waals surface area contributed by atoms with E-state index < -0.39 is 17.7 Å². The first-order chi connectivity index (χ1) is 17.7. The predicted molar refractivity (Wildman–Crippen MR) is 145 cm³/mol. The fraction of sp³-hybridized carbons (Fsp3) is 0.290. The minimum absolute atomic E-state index is 0.00915. The number of hydrogen-bond acceptors (Lipinski definition) is 5. The summed E-state index contributed by atoms with van der Waals surface area (Å²) in [5.74, 6) is -0.329. The zero-order valence-electron chi connectivity index (χ0n) is 22.2. The van der Waals surface area contributed by atoms with E-state index in [0.29, 0.717) is 40.8 Å². The van der Waals surface area contributed by atoms with Crippen molar-refractivity contribution in [3.8, 4) is 11.5 Å². The lowest BCUT2D eigenvalue weighted by Crippen LogP contribution is -2.29. The number of rotatable bonds is 7. The second kappa shape index (κ2) is 10.5. The molecule has 1 N–H and O–H groups in total. The number of carbonyl (C=O) groups excluding carboxylic acids is 2. The Bertz CT molecular complexity index is 1370. The van der Waals surface area contributed by atoms with Gasteiger partial charge in [-0.1, -0.05) is 44.2 Å². The quantitative estimate of drug-likeness (QED) is 0.229. The van der Waals surface area contributed by atoms with Crippen LogP contribution in [0.15, 0.2) is 66.2 Å². The van der Waals surface area contributed by atoms with E-state index in [1.807, 2.05) is 75.4 Å². The van der Waals surface area contributed by atoms with Gasteiger partial charge in [-0.25, -0.2) is 0 Å². The molecule has 1 heterocycles. The molecule has 0 aliphatic carbocycles. The molecule has 0 spiro atoms. The molecule has 1 saturated heterocycles. The number of benzene rings is 3. The monoisotopic (exact) mass is 499 g/mol. The van der Waals surface area contributed by atoms with Gasteiger partial charge in [0.15, 0.2) is 0 Å². The maximum atomic E-state index is 13.6. The average Bonchev–Trinajstić information content (AvgIpc) is 3.14. The standard InChI is InChI=1S/C31H33NO5/c1-7-37-24-10-8-9-22(17-24)27-26(28(33)25-16-19(4)15-20(5)30(25)36-6)29(34)31(35)32(27)23-13-11-21(12-14-23)18(2)3/h8-18,27,33H,7H2,1-6H3/b28-26+. The molecule has 37 heavy (non-hydrogen) atoms. The van der Waals surface area contributed by atoms with E-state index in [4.69, 9.17) is 9.47 Å². The number of anilines is 1. The Kier molecular flexibility index (Phi) is 7.39. The summed E-state index contributed by atoms with van der Waals surface area (Å²) >= 11 is 0. The van der Waals surface area contributed by atoms with Crippen LogP contribution in [0.5, 0.6) is 11.5 Å². The first-order valence-electron chi connectivity index (χ1n) is 12.5. The number of Topliss-reactive ketones (excluding diaryl/α,β-unsaturated/α-hetero) is 1. The molecule has 6 heteroatoms. The number of ketones is 1. The van der Waals surface area contributed by atoms with Crippen LogP contribution in [0.2, 0.25) is 0 Å². The zero-order valence-corrected chi connectivity index (χ0v) is 22.2. The molecule has 0 aromatic heterocycles. The lowest BCUT2D eigenvalue weighted by atomic mass is 9.93. The maximum absolute atomic E-state index is 13.6. The van der Waals surface area contributed by atoms with Crippen LogP contribution >= 0.6 is 0 Å². The number of ether oxygens (including phenoxy) is 2. The Balaban J connectivity index is 1.98. The van der Waals surface area contributed by atoms with E-state index in [1.165, 1.54) is 12.0 Å². The largest absolute Gasteiger partial charge is 0.507 e. The molecule has 1 fully saturated rings. The van der Waals surface area contributed by atoms with Crippen molar-refractivity contribution < 1.29 is 24.2 Å². The molecule has 3 aromatic rings. The van der Waals surface area contributed by atoms with Gasteiger partial charge in [-0.2, -0.15) is 0 Å². The molecular weight excluding hydrogens is 466 g/mol. The number of aliphatic hydroxyl groups is 1. The van der Waals surface area contributed by atoms with Gasteiger partial charge in [-0.15, -0.1) is 0 Å². The smallest absolute Gasteiger partial charge is 0.300 e. The van der Waals surface area contributed by atoms with Gasteiger partial charge in [0, 0.05) is 5.69 Å². The third-order valence-corrected chi connectivity index (χ3v) is 6.65.